The summed E-state index contributed by atoms with van der Waals surface area (Å²) in [6.45, 7) is 0.222. The topological polar surface area (TPSA) is 45.1 Å². The second kappa shape index (κ2) is 5.25. The molecule has 1 saturated carbocycles. The van der Waals surface area contributed by atoms with E-state index in [1.807, 2.05) is 0 Å². The highest BCUT2D eigenvalue weighted by Gasteiger charge is 2.26. The zero-order valence-electron chi connectivity index (χ0n) is 9.19. The molecule has 1 aliphatic rings. The third-order valence-electron chi connectivity index (χ3n) is 3.21. The van der Waals surface area contributed by atoms with Crippen LogP contribution in [0.3, 0.4) is 0 Å². The van der Waals surface area contributed by atoms with Crippen molar-refractivity contribution < 1.29 is 9.50 Å². The molecular weight excluding hydrogens is 207 g/mol. The Morgan fingerprint density at radius 2 is 2.31 bits per heavy atom. The lowest BCUT2D eigenvalue weighted by atomic mass is 10.00. The molecule has 0 radical (unpaired) electrons. The number of nitrogens with one attached hydrogen (secondary N) is 1. The highest BCUT2D eigenvalue weighted by Crippen LogP contribution is 2.30. The van der Waals surface area contributed by atoms with E-state index >= 15 is 0 Å². The predicted octanol–water partition coefficient (Wildman–Crippen LogP) is 2.18. The van der Waals surface area contributed by atoms with Gasteiger partial charge in [0.2, 0.25) is 5.95 Å². The number of aliphatic hydroxyl groups excluding tert-OH is 1. The molecule has 3 nitrogen and oxygen atoms in total. The Kier molecular flexibility index (Phi) is 3.72. The maximum absolute atomic E-state index is 12.9. The van der Waals surface area contributed by atoms with E-state index in [1.165, 1.54) is 6.07 Å². The summed E-state index contributed by atoms with van der Waals surface area (Å²) in [5.74, 6) is 0.617. The summed E-state index contributed by atoms with van der Waals surface area (Å²) < 4.78 is 12.9. The van der Waals surface area contributed by atoms with Crippen molar-refractivity contribution in [1.29, 1.82) is 0 Å². The second-order valence-electron chi connectivity index (χ2n) is 4.30. The van der Waals surface area contributed by atoms with Crippen molar-refractivity contribution in [3.05, 3.63) is 24.1 Å². The largest absolute Gasteiger partial charge is 0.396 e. The maximum atomic E-state index is 12.9. The summed E-state index contributed by atoms with van der Waals surface area (Å²) in [5.41, 5.74) is 0. The van der Waals surface area contributed by atoms with Gasteiger partial charge in [-0.15, -0.1) is 0 Å². The van der Waals surface area contributed by atoms with Crippen molar-refractivity contribution >= 4 is 5.82 Å². The SMILES string of the molecule is OCCC1CCCC1Nc1cccc(F)n1. The molecule has 2 atom stereocenters. The molecule has 88 valence electrons. The van der Waals surface area contributed by atoms with Crippen LogP contribution in [0.5, 0.6) is 0 Å². The van der Waals surface area contributed by atoms with E-state index in [0.717, 1.165) is 25.7 Å². The number of rotatable bonds is 4. The minimum absolute atomic E-state index is 0.222. The van der Waals surface area contributed by atoms with E-state index in [1.54, 1.807) is 12.1 Å². The fourth-order valence-corrected chi connectivity index (χ4v) is 2.42. The predicted molar refractivity (Wildman–Crippen MR) is 60.6 cm³/mol. The fraction of sp³-hybridized carbons (Fsp3) is 0.583. The highest BCUT2D eigenvalue weighted by molar-refractivity contribution is 5.35. The van der Waals surface area contributed by atoms with E-state index in [9.17, 15) is 4.39 Å². The highest BCUT2D eigenvalue weighted by atomic mass is 19.1. The van der Waals surface area contributed by atoms with Crippen LogP contribution in [0.2, 0.25) is 0 Å². The molecule has 1 aromatic heterocycles. The average molecular weight is 224 g/mol. The maximum Gasteiger partial charge on any atom is 0.214 e. The fourth-order valence-electron chi connectivity index (χ4n) is 2.42. The molecule has 0 amide bonds. The number of anilines is 1. The van der Waals surface area contributed by atoms with Gasteiger partial charge in [0, 0.05) is 12.6 Å². The molecule has 1 aromatic rings. The molecule has 4 heteroatoms. The van der Waals surface area contributed by atoms with E-state index < -0.39 is 5.95 Å². The number of hydrogen-bond acceptors (Lipinski definition) is 3. The number of aliphatic hydroxyl groups is 1. The Balaban J connectivity index is 1.98. The lowest BCUT2D eigenvalue weighted by molar-refractivity contribution is 0.254. The van der Waals surface area contributed by atoms with Gasteiger partial charge in [-0.1, -0.05) is 12.5 Å². The molecule has 0 aromatic carbocycles. The van der Waals surface area contributed by atoms with Gasteiger partial charge in [0.1, 0.15) is 5.82 Å². The smallest absolute Gasteiger partial charge is 0.214 e. The Morgan fingerprint density at radius 1 is 1.44 bits per heavy atom. The minimum atomic E-state index is -0.457. The summed E-state index contributed by atoms with van der Waals surface area (Å²) in [6.07, 6.45) is 4.18. The molecule has 16 heavy (non-hydrogen) atoms. The summed E-state index contributed by atoms with van der Waals surface area (Å²) in [7, 11) is 0. The average Bonchev–Trinajstić information content (AvgIpc) is 2.66. The Hall–Kier alpha value is -1.16. The summed E-state index contributed by atoms with van der Waals surface area (Å²) in [6, 6.07) is 5.09. The van der Waals surface area contributed by atoms with Crippen LogP contribution in [0.1, 0.15) is 25.7 Å². The Bertz CT molecular complexity index is 346. The molecule has 2 N–H and O–H groups in total. The summed E-state index contributed by atoms with van der Waals surface area (Å²) in [4.78, 5) is 3.79. The Labute approximate surface area is 94.7 Å². The van der Waals surface area contributed by atoms with Crippen molar-refractivity contribution in [3.63, 3.8) is 0 Å². The Morgan fingerprint density at radius 3 is 3.06 bits per heavy atom. The first-order chi connectivity index (χ1) is 7.79. The quantitative estimate of drug-likeness (QED) is 0.770. The van der Waals surface area contributed by atoms with Crippen LogP contribution in [0.4, 0.5) is 10.2 Å². The van der Waals surface area contributed by atoms with E-state index in [2.05, 4.69) is 10.3 Å². The van der Waals surface area contributed by atoms with Gasteiger partial charge >= 0.3 is 0 Å². The van der Waals surface area contributed by atoms with E-state index in [0.29, 0.717) is 17.8 Å². The number of aromatic nitrogens is 1. The summed E-state index contributed by atoms with van der Waals surface area (Å²) in [5, 5.41) is 12.2. The van der Waals surface area contributed by atoms with Gasteiger partial charge in [-0.25, -0.2) is 4.98 Å². The van der Waals surface area contributed by atoms with Crippen molar-refractivity contribution in [2.24, 2.45) is 5.92 Å². The van der Waals surface area contributed by atoms with Crippen molar-refractivity contribution in [1.82, 2.24) is 4.98 Å². The molecule has 0 aliphatic heterocycles. The van der Waals surface area contributed by atoms with Crippen LogP contribution >= 0.6 is 0 Å². The number of pyridine rings is 1. The number of hydrogen-bond donors (Lipinski definition) is 2. The number of halogens is 1. The molecule has 0 spiro atoms. The zero-order valence-corrected chi connectivity index (χ0v) is 9.19. The monoisotopic (exact) mass is 224 g/mol. The minimum Gasteiger partial charge on any atom is -0.396 e. The van der Waals surface area contributed by atoms with Crippen molar-refractivity contribution in [3.8, 4) is 0 Å². The van der Waals surface area contributed by atoms with Crippen molar-refractivity contribution in [2.75, 3.05) is 11.9 Å². The molecule has 1 heterocycles. The van der Waals surface area contributed by atoms with Gasteiger partial charge in [-0.3, -0.25) is 0 Å². The van der Waals surface area contributed by atoms with Crippen LogP contribution in [0.15, 0.2) is 18.2 Å². The van der Waals surface area contributed by atoms with Gasteiger partial charge in [-0.2, -0.15) is 4.39 Å². The molecule has 0 bridgehead atoms. The van der Waals surface area contributed by atoms with Crippen LogP contribution < -0.4 is 5.32 Å². The molecule has 0 saturated heterocycles. The van der Waals surface area contributed by atoms with Crippen LogP contribution in [0.25, 0.3) is 0 Å². The zero-order chi connectivity index (χ0) is 11.4. The van der Waals surface area contributed by atoms with Crippen LogP contribution in [-0.2, 0) is 0 Å². The standard InChI is InChI=1S/C12H17FN2O/c13-11-5-2-6-12(15-11)14-10-4-1-3-9(10)7-8-16/h2,5-6,9-10,16H,1,3-4,7-8H2,(H,14,15). The van der Waals surface area contributed by atoms with E-state index in [-0.39, 0.29) is 6.61 Å². The van der Waals surface area contributed by atoms with E-state index in [4.69, 9.17) is 5.11 Å². The van der Waals surface area contributed by atoms with Gasteiger partial charge in [0.15, 0.2) is 0 Å². The molecular formula is C12H17FN2O. The first kappa shape index (κ1) is 11.3. The molecule has 1 aliphatic carbocycles. The van der Waals surface area contributed by atoms with Gasteiger partial charge in [-0.05, 0) is 37.3 Å². The lowest BCUT2D eigenvalue weighted by Crippen LogP contribution is -2.25. The van der Waals surface area contributed by atoms with Crippen LogP contribution in [0, 0.1) is 11.9 Å². The number of nitrogens with zero attached hydrogens (tertiary/aromatic N) is 1. The molecule has 2 rings (SSSR count). The first-order valence-corrected chi connectivity index (χ1v) is 5.79. The third kappa shape index (κ3) is 2.70. The van der Waals surface area contributed by atoms with Gasteiger partial charge in [0.05, 0.1) is 0 Å². The lowest BCUT2D eigenvalue weighted by Gasteiger charge is -2.20. The van der Waals surface area contributed by atoms with Crippen molar-refractivity contribution in [2.45, 2.75) is 31.7 Å². The van der Waals surface area contributed by atoms with Gasteiger partial charge in [0.25, 0.3) is 0 Å². The van der Waals surface area contributed by atoms with Gasteiger partial charge < -0.3 is 10.4 Å². The first-order valence-electron chi connectivity index (χ1n) is 5.79. The summed E-state index contributed by atoms with van der Waals surface area (Å²) >= 11 is 0. The second-order valence-corrected chi connectivity index (χ2v) is 4.30. The normalized spacial score (nSPS) is 24.6. The third-order valence-corrected chi connectivity index (χ3v) is 3.21. The van der Waals surface area contributed by atoms with Crippen LogP contribution in [-0.4, -0.2) is 22.7 Å². The molecule has 2 unspecified atom stereocenters. The molecule has 1 fully saturated rings.